The molecule has 1 aliphatic heterocycles. The number of benzene rings is 2. The highest BCUT2D eigenvalue weighted by Gasteiger charge is 2.29. The molecule has 5 N–H and O–H groups in total. The number of hydrogen-bond acceptors (Lipinski definition) is 7. The van der Waals surface area contributed by atoms with Gasteiger partial charge in [0.25, 0.3) is 0 Å². The Labute approximate surface area is 144 Å². The lowest BCUT2D eigenvalue weighted by atomic mass is 9.99. The Balaban J connectivity index is 1.86. The van der Waals surface area contributed by atoms with Crippen LogP contribution in [0.5, 0.6) is 17.2 Å². The maximum absolute atomic E-state index is 9.15. The second-order valence-corrected chi connectivity index (χ2v) is 6.09. The van der Waals surface area contributed by atoms with Crippen molar-refractivity contribution in [1.82, 2.24) is 9.97 Å². The van der Waals surface area contributed by atoms with Gasteiger partial charge in [-0.2, -0.15) is 4.98 Å². The van der Waals surface area contributed by atoms with Crippen LogP contribution in [0.25, 0.3) is 10.9 Å². The Bertz CT molecular complexity index is 957. The van der Waals surface area contributed by atoms with Gasteiger partial charge in [-0.15, -0.1) is 0 Å². The molecule has 25 heavy (non-hydrogen) atoms. The topological polar surface area (TPSA) is 117 Å². The highest BCUT2D eigenvalue weighted by molar-refractivity contribution is 5.97. The van der Waals surface area contributed by atoms with E-state index in [2.05, 4.69) is 16.9 Å². The number of nitrogens with two attached hydrogens (primary N) is 2. The van der Waals surface area contributed by atoms with Crippen molar-refractivity contribution in [3.05, 3.63) is 41.5 Å². The van der Waals surface area contributed by atoms with Crippen LogP contribution in [0.1, 0.15) is 24.0 Å². The maximum atomic E-state index is 9.15. The van der Waals surface area contributed by atoms with E-state index in [-0.39, 0.29) is 18.5 Å². The Morgan fingerprint density at radius 2 is 2.00 bits per heavy atom. The molecule has 0 spiro atoms. The molecule has 0 radical (unpaired) electrons. The predicted octanol–water partition coefficient (Wildman–Crippen LogP) is 2.57. The molecule has 0 aliphatic carbocycles. The molecule has 7 heteroatoms. The summed E-state index contributed by atoms with van der Waals surface area (Å²) in [4.78, 5) is 8.30. The molecule has 1 aliphatic rings. The van der Waals surface area contributed by atoms with Gasteiger partial charge in [-0.25, -0.2) is 4.98 Å². The van der Waals surface area contributed by atoms with Crippen LogP contribution in [-0.4, -0.2) is 21.7 Å². The molecule has 2 aromatic carbocycles. The third-order valence-corrected chi connectivity index (χ3v) is 4.29. The molecule has 1 atom stereocenters. The van der Waals surface area contributed by atoms with Crippen molar-refractivity contribution in [1.29, 1.82) is 0 Å². The Hall–Kier alpha value is -3.06. The van der Waals surface area contributed by atoms with Gasteiger partial charge in [0.1, 0.15) is 23.1 Å². The second-order valence-electron chi connectivity index (χ2n) is 6.09. The summed E-state index contributed by atoms with van der Waals surface area (Å²) in [7, 11) is 0. The number of nitrogens with zero attached hydrogens (tertiary/aromatic N) is 2. The van der Waals surface area contributed by atoms with Gasteiger partial charge in [0.15, 0.2) is 0 Å². The van der Waals surface area contributed by atoms with Gasteiger partial charge in [-0.3, -0.25) is 0 Å². The average Bonchev–Trinajstić information content (AvgIpc) is 2.97. The molecule has 0 saturated heterocycles. The second kappa shape index (κ2) is 5.78. The zero-order valence-electron chi connectivity index (χ0n) is 13.7. The number of aliphatic hydroxyl groups excluding tert-OH is 1. The van der Waals surface area contributed by atoms with Gasteiger partial charge in [-0.05, 0) is 17.7 Å². The summed E-state index contributed by atoms with van der Waals surface area (Å²) in [6, 6.07) is 9.06. The predicted molar refractivity (Wildman–Crippen MR) is 94.7 cm³/mol. The minimum absolute atomic E-state index is 0.00794. The average molecular weight is 338 g/mol. The van der Waals surface area contributed by atoms with Crippen molar-refractivity contribution in [3.8, 4) is 17.2 Å². The lowest BCUT2D eigenvalue weighted by Crippen LogP contribution is -2.02. The van der Waals surface area contributed by atoms with E-state index in [1.807, 2.05) is 30.3 Å². The summed E-state index contributed by atoms with van der Waals surface area (Å²) in [5.41, 5.74) is 14.1. The third kappa shape index (κ3) is 2.58. The van der Waals surface area contributed by atoms with Gasteiger partial charge in [0.05, 0.1) is 24.1 Å². The number of rotatable bonds is 3. The van der Waals surface area contributed by atoms with Gasteiger partial charge in [0, 0.05) is 17.5 Å². The summed E-state index contributed by atoms with van der Waals surface area (Å²) in [6.07, 6.45) is 0. The first kappa shape index (κ1) is 15.5. The van der Waals surface area contributed by atoms with Crippen LogP contribution in [0.15, 0.2) is 30.3 Å². The van der Waals surface area contributed by atoms with E-state index in [1.54, 1.807) is 0 Å². The smallest absolute Gasteiger partial charge is 0.222 e. The van der Waals surface area contributed by atoms with Crippen LogP contribution in [0.4, 0.5) is 11.8 Å². The molecule has 0 saturated carbocycles. The molecule has 4 rings (SSSR count). The molecule has 0 fully saturated rings. The highest BCUT2D eigenvalue weighted by atomic mass is 16.5. The Kier molecular flexibility index (Phi) is 3.58. The number of fused-ring (bicyclic) bond motifs is 3. The zero-order valence-corrected chi connectivity index (χ0v) is 13.7. The quantitative estimate of drug-likeness (QED) is 0.672. The first-order valence-corrected chi connectivity index (χ1v) is 7.97. The molecular weight excluding hydrogens is 320 g/mol. The van der Waals surface area contributed by atoms with Crippen LogP contribution in [0.3, 0.4) is 0 Å². The van der Waals surface area contributed by atoms with Gasteiger partial charge >= 0.3 is 0 Å². The van der Waals surface area contributed by atoms with Crippen molar-refractivity contribution in [2.45, 2.75) is 19.4 Å². The fourth-order valence-electron chi connectivity index (χ4n) is 3.08. The zero-order chi connectivity index (χ0) is 17.6. The number of anilines is 2. The SMILES string of the molecule is CC1COc2c1c(Oc1ccc(CO)cc1)cc1nc(N)nc(N)c21. The standard InChI is InChI=1S/C18H18N4O3/c1-9-8-24-16-14(9)13(25-11-4-2-10(7-23)3-5-11)6-12-15(16)17(19)22-18(20)21-12/h2-6,9,23H,7-8H2,1H3,(H4,19,20,21,22). The van der Waals surface area contributed by atoms with Gasteiger partial charge in [-0.1, -0.05) is 19.1 Å². The normalized spacial score (nSPS) is 15.8. The largest absolute Gasteiger partial charge is 0.492 e. The summed E-state index contributed by atoms with van der Waals surface area (Å²) in [5.74, 6) is 2.53. The van der Waals surface area contributed by atoms with Crippen molar-refractivity contribution in [3.63, 3.8) is 0 Å². The molecule has 2 heterocycles. The van der Waals surface area contributed by atoms with E-state index in [0.717, 1.165) is 11.1 Å². The minimum atomic E-state index is -0.00794. The van der Waals surface area contributed by atoms with E-state index in [4.69, 9.17) is 26.0 Å². The van der Waals surface area contributed by atoms with E-state index in [1.165, 1.54) is 0 Å². The fourth-order valence-corrected chi connectivity index (χ4v) is 3.08. The van der Waals surface area contributed by atoms with Crippen LogP contribution < -0.4 is 20.9 Å². The molecule has 1 unspecified atom stereocenters. The number of aliphatic hydroxyl groups is 1. The van der Waals surface area contributed by atoms with E-state index < -0.39 is 0 Å². The van der Waals surface area contributed by atoms with Crippen molar-refractivity contribution in [2.24, 2.45) is 0 Å². The number of ether oxygens (including phenoxy) is 2. The van der Waals surface area contributed by atoms with Gasteiger partial charge < -0.3 is 26.0 Å². The lowest BCUT2D eigenvalue weighted by Gasteiger charge is -2.14. The molecule has 0 amide bonds. The summed E-state index contributed by atoms with van der Waals surface area (Å²) < 4.78 is 11.9. The minimum Gasteiger partial charge on any atom is -0.492 e. The number of hydrogen-bond donors (Lipinski definition) is 3. The molecule has 1 aromatic heterocycles. The summed E-state index contributed by atoms with van der Waals surface area (Å²) >= 11 is 0. The molecular formula is C18H18N4O3. The van der Waals surface area contributed by atoms with Crippen LogP contribution in [0, 0.1) is 0 Å². The molecule has 7 nitrogen and oxygen atoms in total. The van der Waals surface area contributed by atoms with Crippen LogP contribution in [0.2, 0.25) is 0 Å². The van der Waals surface area contributed by atoms with E-state index in [0.29, 0.717) is 40.6 Å². The Morgan fingerprint density at radius 3 is 2.72 bits per heavy atom. The van der Waals surface area contributed by atoms with E-state index in [9.17, 15) is 0 Å². The van der Waals surface area contributed by atoms with E-state index >= 15 is 0 Å². The number of aromatic nitrogens is 2. The van der Waals surface area contributed by atoms with Crippen molar-refractivity contribution in [2.75, 3.05) is 18.1 Å². The first-order chi connectivity index (χ1) is 12.1. The summed E-state index contributed by atoms with van der Waals surface area (Å²) in [5, 5.41) is 9.82. The number of nitrogen functional groups attached to an aromatic ring is 2. The maximum Gasteiger partial charge on any atom is 0.222 e. The molecule has 128 valence electrons. The highest BCUT2D eigenvalue weighted by Crippen LogP contribution is 2.47. The van der Waals surface area contributed by atoms with Crippen LogP contribution >= 0.6 is 0 Å². The third-order valence-electron chi connectivity index (χ3n) is 4.29. The van der Waals surface area contributed by atoms with Crippen LogP contribution in [-0.2, 0) is 6.61 Å². The summed E-state index contributed by atoms with van der Waals surface area (Å²) in [6.45, 7) is 2.60. The first-order valence-electron chi connectivity index (χ1n) is 7.97. The fraction of sp³-hybridized carbons (Fsp3) is 0.222. The monoisotopic (exact) mass is 338 g/mol. The molecule has 3 aromatic rings. The van der Waals surface area contributed by atoms with Crippen molar-refractivity contribution < 1.29 is 14.6 Å². The molecule has 0 bridgehead atoms. The Morgan fingerprint density at radius 1 is 1.24 bits per heavy atom. The van der Waals surface area contributed by atoms with Crippen molar-refractivity contribution >= 4 is 22.7 Å². The van der Waals surface area contributed by atoms with Gasteiger partial charge in [0.2, 0.25) is 5.95 Å². The lowest BCUT2D eigenvalue weighted by molar-refractivity contribution is 0.281.